The molecule has 1 aliphatic heterocycles. The van der Waals surface area contributed by atoms with Gasteiger partial charge in [0.15, 0.2) is 6.29 Å². The normalized spacial score (nSPS) is 35.5. The predicted molar refractivity (Wildman–Crippen MR) is 43.3 cm³/mol. The average Bonchev–Trinajstić information content (AvgIpc) is 2.03. The van der Waals surface area contributed by atoms with Crippen molar-refractivity contribution < 1.29 is 15.0 Å². The number of hydrogen-bond acceptors (Lipinski definition) is 2. The fourth-order valence-electron chi connectivity index (χ4n) is 0.892. The van der Waals surface area contributed by atoms with Crippen LogP contribution >= 0.6 is 15.9 Å². The first-order valence-electron chi connectivity index (χ1n) is 5.31. The van der Waals surface area contributed by atoms with Gasteiger partial charge in [0.2, 0.25) is 0 Å². The molecule has 0 spiro atoms. The molecule has 0 aromatic heterocycles. The van der Waals surface area contributed by atoms with Crippen LogP contribution in [0.2, 0.25) is 0 Å². The van der Waals surface area contributed by atoms with Gasteiger partial charge in [-0.25, -0.2) is 0 Å². The van der Waals surface area contributed by atoms with E-state index in [0.717, 1.165) is 12.8 Å². The van der Waals surface area contributed by atoms with Crippen molar-refractivity contribution in [2.75, 3.05) is 18.4 Å². The summed E-state index contributed by atoms with van der Waals surface area (Å²) < 4.78 is 39.2. The number of alkyl halides is 1. The van der Waals surface area contributed by atoms with Crippen LogP contribution in [0.4, 0.5) is 0 Å². The molecule has 0 radical (unpaired) electrons. The van der Waals surface area contributed by atoms with E-state index in [9.17, 15) is 0 Å². The minimum Gasteiger partial charge on any atom is -0.353 e. The van der Waals surface area contributed by atoms with Crippen LogP contribution in [0.1, 0.15) is 24.7 Å². The summed E-state index contributed by atoms with van der Waals surface area (Å²) >= 11 is 2.60. The van der Waals surface area contributed by atoms with Crippen LogP contribution in [0, 0.1) is 0 Å². The Labute approximate surface area is 75.6 Å². The molecule has 3 heteroatoms. The van der Waals surface area contributed by atoms with Crippen LogP contribution in [0.25, 0.3) is 0 Å². The third kappa shape index (κ3) is 2.99. The molecule has 1 fully saturated rings. The highest BCUT2D eigenvalue weighted by atomic mass is 79.9. The summed E-state index contributed by atoms with van der Waals surface area (Å²) in [6.07, 6.45) is 1.85. The van der Waals surface area contributed by atoms with Crippen LogP contribution in [-0.2, 0) is 9.47 Å². The molecule has 0 aromatic carbocycles. The molecule has 1 atom stereocenters. The first kappa shape index (κ1) is 4.43. The van der Waals surface area contributed by atoms with E-state index in [0.29, 0.717) is 13.0 Å². The zero-order valence-electron chi connectivity index (χ0n) is 9.60. The Bertz CT molecular complexity index is 189. The van der Waals surface area contributed by atoms with Crippen molar-refractivity contribution in [3.8, 4) is 0 Å². The highest BCUT2D eigenvalue weighted by Crippen LogP contribution is 2.13. The molecule has 0 aromatic rings. The van der Waals surface area contributed by atoms with E-state index in [1.165, 1.54) is 0 Å². The van der Waals surface area contributed by atoms with Gasteiger partial charge in [-0.3, -0.25) is 0 Å². The van der Waals surface area contributed by atoms with Gasteiger partial charge >= 0.3 is 0 Å². The van der Waals surface area contributed by atoms with E-state index in [1.807, 2.05) is 0 Å². The number of halogens is 1. The molecule has 1 aliphatic rings. The molecule has 0 N–H and O–H groups in total. The first-order chi connectivity index (χ1) is 6.33. The molecule has 1 saturated heterocycles. The summed E-state index contributed by atoms with van der Waals surface area (Å²) in [5, 5.41) is -2.21. The van der Waals surface area contributed by atoms with E-state index in [1.54, 1.807) is 0 Å². The van der Waals surface area contributed by atoms with Gasteiger partial charge in [0.1, 0.15) is 0 Å². The quantitative estimate of drug-likeness (QED) is 0.667. The molecule has 0 aliphatic carbocycles. The van der Waals surface area contributed by atoms with E-state index >= 15 is 0 Å². The van der Waals surface area contributed by atoms with Crippen molar-refractivity contribution in [1.82, 2.24) is 0 Å². The van der Waals surface area contributed by atoms with Crippen LogP contribution in [0.5, 0.6) is 0 Å². The zero-order chi connectivity index (χ0) is 10.8. The number of hydrogen-bond donors (Lipinski definition) is 0. The van der Waals surface area contributed by atoms with Crippen molar-refractivity contribution in [3.05, 3.63) is 0 Å². The number of ether oxygens (including phenoxy) is 2. The minimum atomic E-state index is -2.38. The average molecular weight is 213 g/mol. The molecule has 10 heavy (non-hydrogen) atoms. The molecule has 1 unspecified atom stereocenters. The monoisotopic (exact) mass is 212 g/mol. The van der Waals surface area contributed by atoms with E-state index < -0.39 is 18.1 Å². The van der Waals surface area contributed by atoms with Gasteiger partial charge in [0.05, 0.1) is 9.30 Å². The molecule has 2 nitrogen and oxygen atoms in total. The Morgan fingerprint density at radius 1 is 1.70 bits per heavy atom. The van der Waals surface area contributed by atoms with Crippen LogP contribution in [0.15, 0.2) is 0 Å². The molecule has 1 rings (SSSR count). The van der Waals surface area contributed by atoms with Gasteiger partial charge < -0.3 is 9.47 Å². The topological polar surface area (TPSA) is 18.5 Å². The van der Waals surface area contributed by atoms with Crippen LogP contribution in [0.3, 0.4) is 0 Å². The summed E-state index contributed by atoms with van der Waals surface area (Å²) in [6, 6.07) is 0. The molecular weight excluding hydrogens is 196 g/mol. The van der Waals surface area contributed by atoms with E-state index in [4.69, 9.17) is 15.0 Å². The molecular formula is C7H13BrO2. The summed E-state index contributed by atoms with van der Waals surface area (Å²) in [6.45, 7) is -1.83. The van der Waals surface area contributed by atoms with Gasteiger partial charge in [-0.05, 0) is 19.3 Å². The molecule has 0 bridgehead atoms. The number of rotatable bonds is 3. The lowest BCUT2D eigenvalue weighted by Crippen LogP contribution is -2.22. The van der Waals surface area contributed by atoms with Gasteiger partial charge in [-0.15, -0.1) is 0 Å². The second-order valence-corrected chi connectivity index (χ2v) is 2.51. The zero-order valence-corrected chi connectivity index (χ0v) is 7.19. The third-order valence-electron chi connectivity index (χ3n) is 1.37. The summed E-state index contributed by atoms with van der Waals surface area (Å²) in [5.74, 6) is 0. The molecule has 0 amide bonds. The van der Waals surface area contributed by atoms with Crippen molar-refractivity contribution >= 4 is 15.9 Å². The van der Waals surface area contributed by atoms with E-state index in [2.05, 4.69) is 15.9 Å². The van der Waals surface area contributed by atoms with Crippen molar-refractivity contribution in [3.63, 3.8) is 0 Å². The smallest absolute Gasteiger partial charge is 0.157 e. The second kappa shape index (κ2) is 5.10. The molecule has 60 valence electrons. The lowest BCUT2D eigenvalue weighted by Gasteiger charge is -2.22. The molecule has 1 heterocycles. The van der Waals surface area contributed by atoms with Crippen molar-refractivity contribution in [2.45, 2.75) is 25.6 Å². The van der Waals surface area contributed by atoms with Crippen LogP contribution < -0.4 is 0 Å². The Morgan fingerprint density at radius 3 is 3.20 bits per heavy atom. The Balaban J connectivity index is 2.49. The first-order valence-corrected chi connectivity index (χ1v) is 4.10. The second-order valence-electron chi connectivity index (χ2n) is 2.11. The molecule has 0 saturated carbocycles. The minimum absolute atomic E-state index is 0.548. The van der Waals surface area contributed by atoms with Gasteiger partial charge in [0, 0.05) is 14.6 Å². The van der Waals surface area contributed by atoms with Gasteiger partial charge in [0.25, 0.3) is 0 Å². The van der Waals surface area contributed by atoms with Gasteiger partial charge in [-0.1, -0.05) is 15.9 Å². The summed E-state index contributed by atoms with van der Waals surface area (Å²) in [7, 11) is 0. The van der Waals surface area contributed by atoms with Crippen LogP contribution in [-0.4, -0.2) is 24.7 Å². The Hall–Kier alpha value is 0.400. The maximum atomic E-state index is 7.36. The lowest BCUT2D eigenvalue weighted by molar-refractivity contribution is -0.158. The van der Waals surface area contributed by atoms with Crippen molar-refractivity contribution in [1.29, 1.82) is 0 Å². The fourth-order valence-corrected chi connectivity index (χ4v) is 0.986. The lowest BCUT2D eigenvalue weighted by atomic mass is 10.2. The van der Waals surface area contributed by atoms with E-state index in [-0.39, 0.29) is 0 Å². The Morgan fingerprint density at radius 2 is 2.60 bits per heavy atom. The SMILES string of the molecule is [2H]C([2H])(Br)C([2H])([2H])OC1CCCCO1. The summed E-state index contributed by atoms with van der Waals surface area (Å²) in [4.78, 5) is 0. The maximum Gasteiger partial charge on any atom is 0.157 e. The fraction of sp³-hybridized carbons (Fsp3) is 1.00. The Kier molecular flexibility index (Phi) is 2.26. The predicted octanol–water partition coefficient (Wildman–Crippen LogP) is 1.92. The summed E-state index contributed by atoms with van der Waals surface area (Å²) in [5.41, 5.74) is 0. The highest BCUT2D eigenvalue weighted by molar-refractivity contribution is 9.09. The maximum absolute atomic E-state index is 7.36. The largest absolute Gasteiger partial charge is 0.353 e. The third-order valence-corrected chi connectivity index (χ3v) is 1.53. The van der Waals surface area contributed by atoms with Crippen molar-refractivity contribution in [2.24, 2.45) is 0 Å². The van der Waals surface area contributed by atoms with Gasteiger partial charge in [-0.2, -0.15) is 0 Å². The highest BCUT2D eigenvalue weighted by Gasteiger charge is 2.12. The standard InChI is InChI=1S/C7H13BrO2/c8-4-6-10-7-3-1-2-5-9-7/h7H,1-6H2/i4D2,6D2.